The Labute approximate surface area is 168 Å². The zero-order chi connectivity index (χ0) is 20.9. The van der Waals surface area contributed by atoms with E-state index in [0.29, 0.717) is 50.4 Å². The number of amides is 1. The fraction of sp³-hybridized carbons (Fsp3) is 0.650. The Bertz CT molecular complexity index is 800. The average molecular weight is 413 g/mol. The Kier molecular flexibility index (Phi) is 7.33. The highest BCUT2D eigenvalue weighted by molar-refractivity contribution is 7.89. The van der Waals surface area contributed by atoms with Gasteiger partial charge in [-0.25, -0.2) is 8.42 Å². The normalized spacial score (nSPS) is 15.0. The van der Waals surface area contributed by atoms with Crippen molar-refractivity contribution in [2.45, 2.75) is 46.6 Å². The van der Waals surface area contributed by atoms with E-state index < -0.39 is 10.0 Å². The Morgan fingerprint density at radius 1 is 1.14 bits per heavy atom. The van der Waals surface area contributed by atoms with E-state index in [2.05, 4.69) is 5.32 Å². The first kappa shape index (κ1) is 22.5. The number of rotatable bonds is 8. The third-order valence-electron chi connectivity index (χ3n) is 4.67. The maximum Gasteiger partial charge on any atom is 0.220 e. The summed E-state index contributed by atoms with van der Waals surface area (Å²) in [5.74, 6) is 1.23. The number of hydrogen-bond acceptors (Lipinski definition) is 5. The van der Waals surface area contributed by atoms with Crippen LogP contribution in [0.15, 0.2) is 12.1 Å². The smallest absolute Gasteiger partial charge is 0.220 e. The lowest BCUT2D eigenvalue weighted by Crippen LogP contribution is -2.38. The van der Waals surface area contributed by atoms with Crippen LogP contribution in [0.5, 0.6) is 11.5 Å². The fourth-order valence-corrected chi connectivity index (χ4v) is 4.72. The number of ether oxygens (including phenoxy) is 2. The molecule has 0 atom stereocenters. The largest absolute Gasteiger partial charge is 0.493 e. The first-order chi connectivity index (χ1) is 13.1. The van der Waals surface area contributed by atoms with Gasteiger partial charge in [-0.15, -0.1) is 0 Å². The molecule has 0 spiro atoms. The third-order valence-corrected chi connectivity index (χ3v) is 6.57. The SMILES string of the molecule is COc1cc2c(cc1OC)CN(S(=O)(=O)CCCNC(=O)CC(C)(C)C)CC2. The second kappa shape index (κ2) is 9.13. The summed E-state index contributed by atoms with van der Waals surface area (Å²) in [5, 5.41) is 2.81. The van der Waals surface area contributed by atoms with Crippen LogP contribution in [-0.4, -0.2) is 51.7 Å². The molecular weight excluding hydrogens is 380 g/mol. The van der Waals surface area contributed by atoms with Gasteiger partial charge in [0.1, 0.15) is 0 Å². The summed E-state index contributed by atoms with van der Waals surface area (Å²) in [7, 11) is -0.232. The van der Waals surface area contributed by atoms with E-state index in [-0.39, 0.29) is 17.1 Å². The van der Waals surface area contributed by atoms with Crippen molar-refractivity contribution < 1.29 is 22.7 Å². The van der Waals surface area contributed by atoms with E-state index >= 15 is 0 Å². The van der Waals surface area contributed by atoms with Gasteiger partial charge in [-0.1, -0.05) is 20.8 Å². The van der Waals surface area contributed by atoms with Crippen molar-refractivity contribution >= 4 is 15.9 Å². The highest BCUT2D eigenvalue weighted by Crippen LogP contribution is 2.33. The molecule has 0 radical (unpaired) electrons. The van der Waals surface area contributed by atoms with Crippen molar-refractivity contribution in [2.24, 2.45) is 5.41 Å². The summed E-state index contributed by atoms with van der Waals surface area (Å²) < 4.78 is 37.6. The minimum absolute atomic E-state index is 0.0193. The molecule has 0 bridgehead atoms. The standard InChI is InChI=1S/C20H32N2O5S/c1-20(2,3)13-19(23)21-8-6-10-28(24,25)22-9-7-15-11-17(26-4)18(27-5)12-16(15)14-22/h11-12H,6-10,13-14H2,1-5H3,(H,21,23). The highest BCUT2D eigenvalue weighted by Gasteiger charge is 2.27. The lowest BCUT2D eigenvalue weighted by Gasteiger charge is -2.29. The molecule has 7 nitrogen and oxygen atoms in total. The van der Waals surface area contributed by atoms with Gasteiger partial charge in [0, 0.05) is 26.1 Å². The number of fused-ring (bicyclic) bond motifs is 1. The quantitative estimate of drug-likeness (QED) is 0.663. The molecule has 28 heavy (non-hydrogen) atoms. The molecule has 0 unspecified atom stereocenters. The summed E-state index contributed by atoms with van der Waals surface area (Å²) in [6.07, 6.45) is 1.46. The lowest BCUT2D eigenvalue weighted by molar-refractivity contribution is -0.122. The molecule has 1 aliphatic rings. The van der Waals surface area contributed by atoms with Crippen LogP contribution in [0.2, 0.25) is 0 Å². The molecule has 1 heterocycles. The summed E-state index contributed by atoms with van der Waals surface area (Å²) in [4.78, 5) is 11.8. The van der Waals surface area contributed by atoms with Crippen LogP contribution in [0.1, 0.15) is 44.7 Å². The molecule has 2 rings (SSSR count). The van der Waals surface area contributed by atoms with Gasteiger partial charge < -0.3 is 14.8 Å². The molecule has 0 saturated heterocycles. The molecule has 158 valence electrons. The summed E-state index contributed by atoms with van der Waals surface area (Å²) in [6.45, 7) is 7.13. The van der Waals surface area contributed by atoms with Gasteiger partial charge in [0.05, 0.1) is 20.0 Å². The van der Waals surface area contributed by atoms with E-state index in [4.69, 9.17) is 9.47 Å². The molecule has 0 aromatic heterocycles. The highest BCUT2D eigenvalue weighted by atomic mass is 32.2. The maximum absolute atomic E-state index is 12.7. The Balaban J connectivity index is 1.92. The Morgan fingerprint density at radius 2 is 1.75 bits per heavy atom. The van der Waals surface area contributed by atoms with E-state index in [1.807, 2.05) is 32.9 Å². The average Bonchev–Trinajstić information content (AvgIpc) is 2.62. The van der Waals surface area contributed by atoms with E-state index in [1.165, 1.54) is 4.31 Å². The third kappa shape index (κ3) is 6.10. The van der Waals surface area contributed by atoms with Gasteiger partial charge >= 0.3 is 0 Å². The number of nitrogens with zero attached hydrogens (tertiary/aromatic N) is 1. The predicted octanol–water partition coefficient (Wildman–Crippen LogP) is 2.33. The van der Waals surface area contributed by atoms with Crippen LogP contribution < -0.4 is 14.8 Å². The summed E-state index contributed by atoms with van der Waals surface area (Å²) in [6, 6.07) is 3.77. The summed E-state index contributed by atoms with van der Waals surface area (Å²) in [5.41, 5.74) is 1.94. The molecule has 1 aromatic rings. The number of benzene rings is 1. The monoisotopic (exact) mass is 412 g/mol. The predicted molar refractivity (Wildman–Crippen MR) is 109 cm³/mol. The molecule has 0 saturated carbocycles. The van der Waals surface area contributed by atoms with Gasteiger partial charge in [0.25, 0.3) is 0 Å². The van der Waals surface area contributed by atoms with E-state index in [9.17, 15) is 13.2 Å². The molecule has 1 amide bonds. The van der Waals surface area contributed by atoms with Crippen molar-refractivity contribution in [2.75, 3.05) is 33.1 Å². The number of nitrogens with one attached hydrogen (secondary N) is 1. The molecule has 8 heteroatoms. The minimum atomic E-state index is -3.38. The van der Waals surface area contributed by atoms with Crippen molar-refractivity contribution in [1.29, 1.82) is 0 Å². The van der Waals surface area contributed by atoms with Gasteiger partial charge in [-0.3, -0.25) is 4.79 Å². The van der Waals surface area contributed by atoms with E-state index in [1.54, 1.807) is 14.2 Å². The number of carbonyl (C=O) groups is 1. The first-order valence-corrected chi connectivity index (χ1v) is 11.1. The number of methoxy groups -OCH3 is 2. The van der Waals surface area contributed by atoms with Gasteiger partial charge in [0.2, 0.25) is 15.9 Å². The van der Waals surface area contributed by atoms with Crippen LogP contribution in [0.25, 0.3) is 0 Å². The van der Waals surface area contributed by atoms with Crippen LogP contribution in [0.3, 0.4) is 0 Å². The second-order valence-electron chi connectivity index (χ2n) is 8.32. The number of hydrogen-bond donors (Lipinski definition) is 1. The zero-order valence-corrected chi connectivity index (χ0v) is 18.3. The fourth-order valence-electron chi connectivity index (χ4n) is 3.25. The first-order valence-electron chi connectivity index (χ1n) is 9.54. The molecule has 0 aliphatic carbocycles. The number of carbonyl (C=O) groups excluding carboxylic acids is 1. The van der Waals surface area contributed by atoms with Crippen LogP contribution in [0, 0.1) is 5.41 Å². The lowest BCUT2D eigenvalue weighted by atomic mass is 9.92. The maximum atomic E-state index is 12.7. The van der Waals surface area contributed by atoms with Crippen LogP contribution >= 0.6 is 0 Å². The van der Waals surface area contributed by atoms with Crippen molar-refractivity contribution in [3.05, 3.63) is 23.3 Å². The van der Waals surface area contributed by atoms with Gasteiger partial charge in [-0.2, -0.15) is 4.31 Å². The van der Waals surface area contributed by atoms with Gasteiger partial charge in [-0.05, 0) is 41.5 Å². The molecule has 0 fully saturated rings. The molecule has 1 N–H and O–H groups in total. The van der Waals surface area contributed by atoms with Gasteiger partial charge in [0.15, 0.2) is 11.5 Å². The second-order valence-corrected chi connectivity index (χ2v) is 10.4. The Morgan fingerprint density at radius 3 is 2.32 bits per heavy atom. The molecule has 1 aliphatic heterocycles. The molecular formula is C20H32N2O5S. The zero-order valence-electron chi connectivity index (χ0n) is 17.5. The van der Waals surface area contributed by atoms with Crippen molar-refractivity contribution in [1.82, 2.24) is 9.62 Å². The van der Waals surface area contributed by atoms with Crippen molar-refractivity contribution in [3.8, 4) is 11.5 Å². The minimum Gasteiger partial charge on any atom is -0.493 e. The van der Waals surface area contributed by atoms with E-state index in [0.717, 1.165) is 11.1 Å². The molecule has 1 aromatic carbocycles. The topological polar surface area (TPSA) is 84.9 Å². The Hall–Kier alpha value is -1.80. The van der Waals surface area contributed by atoms with Crippen LogP contribution in [0.4, 0.5) is 0 Å². The van der Waals surface area contributed by atoms with Crippen LogP contribution in [-0.2, 0) is 27.8 Å². The summed E-state index contributed by atoms with van der Waals surface area (Å²) >= 11 is 0. The number of sulfonamides is 1. The van der Waals surface area contributed by atoms with Crippen molar-refractivity contribution in [3.63, 3.8) is 0 Å².